The Morgan fingerprint density at radius 1 is 1.14 bits per heavy atom. The zero-order valence-corrected chi connectivity index (χ0v) is 14.2. The highest BCUT2D eigenvalue weighted by Crippen LogP contribution is 2.47. The summed E-state index contributed by atoms with van der Waals surface area (Å²) in [5.41, 5.74) is 1.44. The van der Waals surface area contributed by atoms with Crippen LogP contribution in [0.5, 0.6) is 0 Å². The molecule has 2 rings (SSSR count). The Morgan fingerprint density at radius 3 is 2.43 bits per heavy atom. The van der Waals surface area contributed by atoms with E-state index in [1.54, 1.807) is 0 Å². The zero-order chi connectivity index (χ0) is 15.2. The van der Waals surface area contributed by atoms with Gasteiger partial charge in [-0.2, -0.15) is 0 Å². The molecule has 2 saturated carbocycles. The van der Waals surface area contributed by atoms with Gasteiger partial charge in [0.2, 0.25) is 0 Å². The number of aliphatic hydroxyl groups excluding tert-OH is 1. The number of hydrogen-bond acceptors (Lipinski definition) is 1. The van der Waals surface area contributed by atoms with Crippen LogP contribution < -0.4 is 0 Å². The fourth-order valence-electron chi connectivity index (χ4n) is 4.27. The second kappa shape index (κ2) is 8.17. The van der Waals surface area contributed by atoms with E-state index in [9.17, 15) is 5.11 Å². The number of aliphatic hydroxyl groups is 1. The van der Waals surface area contributed by atoms with Crippen LogP contribution in [-0.4, -0.2) is 11.2 Å². The van der Waals surface area contributed by atoms with E-state index in [0.717, 1.165) is 36.5 Å². The Bertz CT molecular complexity index is 350. The molecule has 0 aromatic rings. The summed E-state index contributed by atoms with van der Waals surface area (Å²) in [5.74, 6) is 3.24. The third kappa shape index (κ3) is 5.62. The lowest BCUT2D eigenvalue weighted by Gasteiger charge is -2.10. The first-order valence-electron chi connectivity index (χ1n) is 9.02. The second-order valence-corrected chi connectivity index (χ2v) is 7.86. The maximum atomic E-state index is 9.69. The van der Waals surface area contributed by atoms with E-state index in [0.29, 0.717) is 0 Å². The fourth-order valence-corrected chi connectivity index (χ4v) is 4.27. The molecule has 0 saturated heterocycles. The first kappa shape index (κ1) is 16.8. The average Bonchev–Trinajstić information content (AvgIpc) is 2.91. The summed E-state index contributed by atoms with van der Waals surface area (Å²) < 4.78 is 0. The molecule has 1 nitrogen and oxygen atoms in total. The highest BCUT2D eigenvalue weighted by Gasteiger charge is 2.39. The highest BCUT2D eigenvalue weighted by molar-refractivity contribution is 5.00. The largest absolute Gasteiger partial charge is 0.393 e. The van der Waals surface area contributed by atoms with Crippen LogP contribution in [0.15, 0.2) is 23.8 Å². The van der Waals surface area contributed by atoms with E-state index in [-0.39, 0.29) is 6.10 Å². The van der Waals surface area contributed by atoms with Gasteiger partial charge in [0.05, 0.1) is 6.10 Å². The standard InChI is InChI=1S/C20H34O/c1-15(2)7-4-5-8-16(3)9-6-10-17-11-18-13-20(21)14-19(18)12-17/h6-7,10,16-21H,4-5,8-9,11-14H2,1-3H3/t16?,17?,18-,19-,20?/m0/s1. The number of allylic oxidation sites excluding steroid dienone is 4. The van der Waals surface area contributed by atoms with Crippen molar-refractivity contribution in [3.8, 4) is 0 Å². The highest BCUT2D eigenvalue weighted by atomic mass is 16.3. The van der Waals surface area contributed by atoms with Crippen molar-refractivity contribution >= 4 is 0 Å². The smallest absolute Gasteiger partial charge is 0.0545 e. The summed E-state index contributed by atoms with van der Waals surface area (Å²) in [6.45, 7) is 6.75. The summed E-state index contributed by atoms with van der Waals surface area (Å²) in [4.78, 5) is 0. The minimum absolute atomic E-state index is 0.00533. The molecule has 0 heterocycles. The molecule has 1 unspecified atom stereocenters. The van der Waals surface area contributed by atoms with Gasteiger partial charge in [-0.05, 0) is 82.5 Å². The Morgan fingerprint density at radius 2 is 1.81 bits per heavy atom. The van der Waals surface area contributed by atoms with Crippen molar-refractivity contribution in [2.75, 3.05) is 0 Å². The van der Waals surface area contributed by atoms with Gasteiger partial charge in [-0.3, -0.25) is 0 Å². The lowest BCUT2D eigenvalue weighted by molar-refractivity contribution is 0.170. The van der Waals surface area contributed by atoms with E-state index < -0.39 is 0 Å². The molecule has 120 valence electrons. The van der Waals surface area contributed by atoms with Gasteiger partial charge in [0.1, 0.15) is 0 Å². The van der Waals surface area contributed by atoms with Crippen molar-refractivity contribution in [2.45, 2.75) is 78.2 Å². The quantitative estimate of drug-likeness (QED) is 0.484. The molecule has 2 fully saturated rings. The Balaban J connectivity index is 1.59. The zero-order valence-electron chi connectivity index (χ0n) is 14.2. The minimum atomic E-state index is 0.00533. The second-order valence-electron chi connectivity index (χ2n) is 7.86. The number of unbranched alkanes of at least 4 members (excludes halogenated alkanes) is 1. The molecule has 21 heavy (non-hydrogen) atoms. The van der Waals surface area contributed by atoms with Crippen molar-refractivity contribution in [1.29, 1.82) is 0 Å². The molecule has 2 aliphatic rings. The van der Waals surface area contributed by atoms with Gasteiger partial charge in [0.25, 0.3) is 0 Å². The number of fused-ring (bicyclic) bond motifs is 1. The van der Waals surface area contributed by atoms with Gasteiger partial charge in [0, 0.05) is 0 Å². The monoisotopic (exact) mass is 290 g/mol. The third-order valence-electron chi connectivity index (χ3n) is 5.43. The number of rotatable bonds is 7. The normalized spacial score (nSPS) is 28.2. The van der Waals surface area contributed by atoms with Crippen LogP contribution in [0.25, 0.3) is 0 Å². The average molecular weight is 290 g/mol. The summed E-state index contributed by atoms with van der Waals surface area (Å²) in [6, 6.07) is 0. The molecule has 0 spiro atoms. The van der Waals surface area contributed by atoms with Crippen molar-refractivity contribution < 1.29 is 5.11 Å². The van der Waals surface area contributed by atoms with E-state index in [4.69, 9.17) is 0 Å². The Kier molecular flexibility index (Phi) is 6.54. The lowest BCUT2D eigenvalue weighted by Crippen LogP contribution is -2.02. The van der Waals surface area contributed by atoms with Crippen LogP contribution >= 0.6 is 0 Å². The third-order valence-corrected chi connectivity index (χ3v) is 5.43. The molecule has 1 N–H and O–H groups in total. The van der Waals surface area contributed by atoms with Crippen molar-refractivity contribution in [2.24, 2.45) is 23.7 Å². The molecule has 0 aromatic carbocycles. The topological polar surface area (TPSA) is 20.2 Å². The van der Waals surface area contributed by atoms with Crippen LogP contribution in [0.1, 0.15) is 72.1 Å². The first-order valence-corrected chi connectivity index (χ1v) is 9.02. The summed E-state index contributed by atoms with van der Waals surface area (Å²) in [5, 5.41) is 9.69. The molecule has 1 heteroatoms. The van der Waals surface area contributed by atoms with Crippen LogP contribution in [0.4, 0.5) is 0 Å². The minimum Gasteiger partial charge on any atom is -0.393 e. The Hall–Kier alpha value is -0.560. The Labute approximate surface area is 131 Å². The molecule has 0 radical (unpaired) electrons. The van der Waals surface area contributed by atoms with Crippen LogP contribution in [0.3, 0.4) is 0 Å². The summed E-state index contributed by atoms with van der Waals surface area (Å²) in [6.07, 6.45) is 17.2. The number of hydrogen-bond donors (Lipinski definition) is 1. The van der Waals surface area contributed by atoms with Crippen LogP contribution in [0.2, 0.25) is 0 Å². The lowest BCUT2D eigenvalue weighted by atomic mass is 9.97. The SMILES string of the molecule is CC(C)=CCCCC(C)CC=CC1C[C@H]2CC(O)C[C@@H]2C1. The van der Waals surface area contributed by atoms with Gasteiger partial charge in [0.15, 0.2) is 0 Å². The predicted molar refractivity (Wildman–Crippen MR) is 91.1 cm³/mol. The predicted octanol–water partition coefficient (Wildman–Crippen LogP) is 5.50. The van der Waals surface area contributed by atoms with Crippen molar-refractivity contribution in [3.63, 3.8) is 0 Å². The van der Waals surface area contributed by atoms with Crippen molar-refractivity contribution in [3.05, 3.63) is 23.8 Å². The maximum absolute atomic E-state index is 9.69. The van der Waals surface area contributed by atoms with E-state index in [1.807, 2.05) is 0 Å². The van der Waals surface area contributed by atoms with Gasteiger partial charge >= 0.3 is 0 Å². The molecule has 0 aromatic heterocycles. The van der Waals surface area contributed by atoms with E-state index in [2.05, 4.69) is 39.0 Å². The molecule has 3 atom stereocenters. The van der Waals surface area contributed by atoms with Gasteiger partial charge in [-0.15, -0.1) is 0 Å². The molecule has 0 bridgehead atoms. The molecular formula is C20H34O. The first-order chi connectivity index (χ1) is 10.0. The fraction of sp³-hybridized carbons (Fsp3) is 0.800. The molecular weight excluding hydrogens is 256 g/mol. The van der Waals surface area contributed by atoms with Crippen LogP contribution in [0, 0.1) is 23.7 Å². The van der Waals surface area contributed by atoms with Crippen LogP contribution in [-0.2, 0) is 0 Å². The maximum Gasteiger partial charge on any atom is 0.0545 e. The van der Waals surface area contributed by atoms with Gasteiger partial charge < -0.3 is 5.11 Å². The molecule has 0 aliphatic heterocycles. The van der Waals surface area contributed by atoms with Crippen molar-refractivity contribution in [1.82, 2.24) is 0 Å². The molecule has 0 amide bonds. The summed E-state index contributed by atoms with van der Waals surface area (Å²) >= 11 is 0. The van der Waals surface area contributed by atoms with E-state index >= 15 is 0 Å². The van der Waals surface area contributed by atoms with Gasteiger partial charge in [-0.25, -0.2) is 0 Å². The van der Waals surface area contributed by atoms with E-state index in [1.165, 1.54) is 44.1 Å². The molecule has 2 aliphatic carbocycles. The van der Waals surface area contributed by atoms with Gasteiger partial charge in [-0.1, -0.05) is 37.1 Å². The summed E-state index contributed by atoms with van der Waals surface area (Å²) in [7, 11) is 0.